The van der Waals surface area contributed by atoms with E-state index in [1.807, 2.05) is 32.0 Å². The summed E-state index contributed by atoms with van der Waals surface area (Å²) in [5.41, 5.74) is 4.15. The standard InChI is InChI=1S/C18H14ClNO2/c1-11-6-7-12(2)14(8-11)10-16-18(21)22-17(20-16)13-4-3-5-15(19)9-13/h3-10H,1-2H3/b16-10+. The van der Waals surface area contributed by atoms with Gasteiger partial charge in [-0.25, -0.2) is 9.79 Å². The normalized spacial score (nSPS) is 15.9. The molecule has 2 aromatic carbocycles. The highest BCUT2D eigenvalue weighted by molar-refractivity contribution is 6.31. The molecule has 1 aliphatic rings. The number of hydrogen-bond acceptors (Lipinski definition) is 3. The van der Waals surface area contributed by atoms with E-state index in [9.17, 15) is 4.79 Å². The van der Waals surface area contributed by atoms with Gasteiger partial charge in [-0.05, 0) is 49.2 Å². The van der Waals surface area contributed by atoms with Crippen molar-refractivity contribution in [3.63, 3.8) is 0 Å². The van der Waals surface area contributed by atoms with E-state index >= 15 is 0 Å². The quantitative estimate of drug-likeness (QED) is 0.612. The second-order valence-electron chi connectivity index (χ2n) is 5.21. The molecule has 2 aromatic rings. The van der Waals surface area contributed by atoms with E-state index in [-0.39, 0.29) is 5.90 Å². The van der Waals surface area contributed by atoms with E-state index in [1.54, 1.807) is 30.3 Å². The van der Waals surface area contributed by atoms with Gasteiger partial charge in [0.2, 0.25) is 5.90 Å². The minimum absolute atomic E-state index is 0.282. The zero-order chi connectivity index (χ0) is 15.7. The Hall–Kier alpha value is -2.39. The molecule has 0 saturated carbocycles. The predicted molar refractivity (Wildman–Crippen MR) is 88.0 cm³/mol. The van der Waals surface area contributed by atoms with Crippen molar-refractivity contribution in [2.45, 2.75) is 13.8 Å². The number of aryl methyl sites for hydroxylation is 2. The number of cyclic esters (lactones) is 1. The molecule has 3 rings (SSSR count). The maximum atomic E-state index is 12.0. The third kappa shape index (κ3) is 2.95. The van der Waals surface area contributed by atoms with E-state index in [2.05, 4.69) is 4.99 Å². The summed E-state index contributed by atoms with van der Waals surface area (Å²) in [5, 5.41) is 0.572. The van der Waals surface area contributed by atoms with Crippen LogP contribution in [0, 0.1) is 13.8 Å². The van der Waals surface area contributed by atoms with Gasteiger partial charge >= 0.3 is 5.97 Å². The highest BCUT2D eigenvalue weighted by Crippen LogP contribution is 2.22. The topological polar surface area (TPSA) is 38.7 Å². The van der Waals surface area contributed by atoms with Gasteiger partial charge in [0.15, 0.2) is 5.70 Å². The molecule has 0 aliphatic carbocycles. The summed E-state index contributed by atoms with van der Waals surface area (Å²) < 4.78 is 5.24. The van der Waals surface area contributed by atoms with Crippen molar-refractivity contribution < 1.29 is 9.53 Å². The number of nitrogens with zero attached hydrogens (tertiary/aromatic N) is 1. The van der Waals surface area contributed by atoms with Gasteiger partial charge < -0.3 is 4.74 Å². The number of halogens is 1. The van der Waals surface area contributed by atoms with Crippen LogP contribution < -0.4 is 0 Å². The highest BCUT2D eigenvalue weighted by atomic mass is 35.5. The molecule has 0 fully saturated rings. The molecule has 3 nitrogen and oxygen atoms in total. The molecule has 0 unspecified atom stereocenters. The van der Waals surface area contributed by atoms with E-state index < -0.39 is 5.97 Å². The predicted octanol–water partition coefficient (Wildman–Crippen LogP) is 4.30. The fourth-order valence-electron chi connectivity index (χ4n) is 2.22. The summed E-state index contributed by atoms with van der Waals surface area (Å²) in [6, 6.07) is 13.1. The van der Waals surface area contributed by atoms with E-state index in [1.165, 1.54) is 0 Å². The SMILES string of the molecule is Cc1ccc(C)c(/C=C2/N=C(c3cccc(Cl)c3)OC2=O)c1. The Kier molecular flexibility index (Phi) is 3.82. The number of aliphatic imine (C=N–C) groups is 1. The summed E-state index contributed by atoms with van der Waals surface area (Å²) in [6.07, 6.45) is 1.75. The minimum Gasteiger partial charge on any atom is -0.402 e. The van der Waals surface area contributed by atoms with Gasteiger partial charge in [0.05, 0.1) is 0 Å². The number of ether oxygens (including phenoxy) is 1. The van der Waals surface area contributed by atoms with Gasteiger partial charge in [-0.1, -0.05) is 41.4 Å². The highest BCUT2D eigenvalue weighted by Gasteiger charge is 2.24. The first-order chi connectivity index (χ1) is 10.5. The average molecular weight is 312 g/mol. The molecule has 1 aliphatic heterocycles. The van der Waals surface area contributed by atoms with Crippen LogP contribution in [0.1, 0.15) is 22.3 Å². The van der Waals surface area contributed by atoms with Crippen LogP contribution >= 0.6 is 11.6 Å². The van der Waals surface area contributed by atoms with Crippen LogP contribution in [-0.4, -0.2) is 11.9 Å². The summed E-state index contributed by atoms with van der Waals surface area (Å²) in [4.78, 5) is 16.3. The lowest BCUT2D eigenvalue weighted by molar-refractivity contribution is -0.129. The summed E-state index contributed by atoms with van der Waals surface area (Å²) >= 11 is 5.95. The van der Waals surface area contributed by atoms with Gasteiger partial charge in [-0.3, -0.25) is 0 Å². The number of rotatable bonds is 2. The maximum absolute atomic E-state index is 12.0. The molecular weight excluding hydrogens is 298 g/mol. The van der Waals surface area contributed by atoms with Crippen molar-refractivity contribution in [3.8, 4) is 0 Å². The van der Waals surface area contributed by atoms with Crippen molar-refractivity contribution in [2.75, 3.05) is 0 Å². The summed E-state index contributed by atoms with van der Waals surface area (Å²) in [5.74, 6) is -0.167. The van der Waals surface area contributed by atoms with Gasteiger partial charge in [0.1, 0.15) is 0 Å². The number of benzene rings is 2. The third-order valence-corrected chi connectivity index (χ3v) is 3.65. The second-order valence-corrected chi connectivity index (χ2v) is 5.64. The monoisotopic (exact) mass is 311 g/mol. The molecule has 0 aromatic heterocycles. The zero-order valence-electron chi connectivity index (χ0n) is 12.3. The van der Waals surface area contributed by atoms with Crippen LogP contribution in [0.15, 0.2) is 53.2 Å². The van der Waals surface area contributed by atoms with Crippen LogP contribution in [0.4, 0.5) is 0 Å². The Bertz CT molecular complexity index is 822. The van der Waals surface area contributed by atoms with Gasteiger partial charge in [0, 0.05) is 10.6 Å². The lowest BCUT2D eigenvalue weighted by Gasteiger charge is -2.01. The average Bonchev–Trinajstić information content (AvgIpc) is 2.84. The molecule has 0 bridgehead atoms. The molecule has 0 spiro atoms. The van der Waals surface area contributed by atoms with Gasteiger partial charge in [-0.2, -0.15) is 0 Å². The van der Waals surface area contributed by atoms with Crippen molar-refractivity contribution in [1.82, 2.24) is 0 Å². The summed E-state index contributed by atoms with van der Waals surface area (Å²) in [6.45, 7) is 4.00. The van der Waals surface area contributed by atoms with Crippen molar-refractivity contribution in [3.05, 3.63) is 75.4 Å². The van der Waals surface area contributed by atoms with E-state index in [4.69, 9.17) is 16.3 Å². The molecule has 0 saturated heterocycles. The second kappa shape index (κ2) is 5.78. The first-order valence-corrected chi connectivity index (χ1v) is 7.26. The van der Waals surface area contributed by atoms with Crippen LogP contribution in [0.3, 0.4) is 0 Å². The smallest absolute Gasteiger partial charge is 0.363 e. The molecule has 4 heteroatoms. The van der Waals surface area contributed by atoms with Crippen molar-refractivity contribution >= 4 is 29.5 Å². The largest absolute Gasteiger partial charge is 0.402 e. The van der Waals surface area contributed by atoms with Crippen LogP contribution in [0.2, 0.25) is 5.02 Å². The van der Waals surface area contributed by atoms with Crippen molar-refractivity contribution in [2.24, 2.45) is 4.99 Å². The number of carbonyl (C=O) groups is 1. The number of esters is 1. The minimum atomic E-state index is -0.448. The molecule has 110 valence electrons. The zero-order valence-corrected chi connectivity index (χ0v) is 13.0. The molecular formula is C18H14ClNO2. The van der Waals surface area contributed by atoms with Crippen LogP contribution in [0.5, 0.6) is 0 Å². The van der Waals surface area contributed by atoms with Gasteiger partial charge in [0.25, 0.3) is 0 Å². The molecule has 0 amide bonds. The molecule has 0 N–H and O–H groups in total. The lowest BCUT2D eigenvalue weighted by Crippen LogP contribution is -2.05. The van der Waals surface area contributed by atoms with E-state index in [0.717, 1.165) is 16.7 Å². The Morgan fingerprint density at radius 3 is 2.73 bits per heavy atom. The fraction of sp³-hybridized carbons (Fsp3) is 0.111. The molecule has 22 heavy (non-hydrogen) atoms. The molecule has 0 radical (unpaired) electrons. The first-order valence-electron chi connectivity index (χ1n) is 6.89. The number of hydrogen-bond donors (Lipinski definition) is 0. The Labute approximate surface area is 133 Å². The van der Waals surface area contributed by atoms with Gasteiger partial charge in [-0.15, -0.1) is 0 Å². The molecule has 1 heterocycles. The van der Waals surface area contributed by atoms with Crippen molar-refractivity contribution in [1.29, 1.82) is 0 Å². The lowest BCUT2D eigenvalue weighted by atomic mass is 10.0. The van der Waals surface area contributed by atoms with Crippen LogP contribution in [-0.2, 0) is 9.53 Å². The maximum Gasteiger partial charge on any atom is 0.363 e. The third-order valence-electron chi connectivity index (χ3n) is 3.42. The van der Waals surface area contributed by atoms with Crippen LogP contribution in [0.25, 0.3) is 6.08 Å². The Morgan fingerprint density at radius 1 is 1.14 bits per heavy atom. The first kappa shape index (κ1) is 14.5. The Morgan fingerprint density at radius 2 is 1.95 bits per heavy atom. The molecule has 0 atom stereocenters. The number of carbonyl (C=O) groups excluding carboxylic acids is 1. The Balaban J connectivity index is 1.99. The fourth-order valence-corrected chi connectivity index (χ4v) is 2.41. The summed E-state index contributed by atoms with van der Waals surface area (Å²) in [7, 11) is 0. The van der Waals surface area contributed by atoms with E-state index in [0.29, 0.717) is 16.3 Å².